The predicted molar refractivity (Wildman–Crippen MR) is 79.7 cm³/mol. The number of hydrogen-bond donors (Lipinski definition) is 1. The standard InChI is InChI=1S/C16H21N3O2/c1-10-6-7-12(8-11(10)2)16-18-15(19-21-16)14(17)9-20-13-4-3-5-13/h6-8,13-14H,3-5,9,17H2,1-2H3. The zero-order valence-corrected chi connectivity index (χ0v) is 12.5. The number of nitrogens with zero attached hydrogens (tertiary/aromatic N) is 2. The van der Waals surface area contributed by atoms with Gasteiger partial charge in [0.15, 0.2) is 5.82 Å². The molecule has 5 heteroatoms. The van der Waals surface area contributed by atoms with Gasteiger partial charge in [0.2, 0.25) is 0 Å². The Morgan fingerprint density at radius 2 is 2.14 bits per heavy atom. The van der Waals surface area contributed by atoms with Crippen molar-refractivity contribution in [1.82, 2.24) is 10.1 Å². The Hall–Kier alpha value is -1.72. The van der Waals surface area contributed by atoms with Crippen molar-refractivity contribution < 1.29 is 9.26 Å². The van der Waals surface area contributed by atoms with Crippen molar-refractivity contribution in [3.05, 3.63) is 35.2 Å². The average molecular weight is 287 g/mol. The van der Waals surface area contributed by atoms with Gasteiger partial charge in [-0.15, -0.1) is 0 Å². The van der Waals surface area contributed by atoms with Crippen molar-refractivity contribution >= 4 is 0 Å². The quantitative estimate of drug-likeness (QED) is 0.915. The topological polar surface area (TPSA) is 74.2 Å². The fourth-order valence-corrected chi connectivity index (χ4v) is 2.23. The first-order chi connectivity index (χ1) is 10.1. The molecule has 1 aromatic carbocycles. The van der Waals surface area contributed by atoms with Crippen molar-refractivity contribution in [2.24, 2.45) is 5.73 Å². The van der Waals surface area contributed by atoms with Crippen LogP contribution >= 0.6 is 0 Å². The van der Waals surface area contributed by atoms with Crippen LogP contribution in [0.5, 0.6) is 0 Å². The Labute approximate surface area is 124 Å². The third kappa shape index (κ3) is 3.14. The van der Waals surface area contributed by atoms with Crippen molar-refractivity contribution in [2.75, 3.05) is 6.61 Å². The van der Waals surface area contributed by atoms with E-state index in [1.165, 1.54) is 17.5 Å². The van der Waals surface area contributed by atoms with Gasteiger partial charge in [-0.3, -0.25) is 0 Å². The highest BCUT2D eigenvalue weighted by molar-refractivity contribution is 5.55. The first-order valence-corrected chi connectivity index (χ1v) is 7.42. The molecule has 1 heterocycles. The highest BCUT2D eigenvalue weighted by Gasteiger charge is 2.21. The molecule has 0 saturated heterocycles. The number of aromatic nitrogens is 2. The van der Waals surface area contributed by atoms with Crippen LogP contribution in [0.2, 0.25) is 0 Å². The molecule has 3 rings (SSSR count). The Morgan fingerprint density at radius 1 is 1.33 bits per heavy atom. The van der Waals surface area contributed by atoms with Crippen molar-refractivity contribution in [3.8, 4) is 11.5 Å². The number of ether oxygens (including phenoxy) is 1. The first-order valence-electron chi connectivity index (χ1n) is 7.42. The highest BCUT2D eigenvalue weighted by Crippen LogP contribution is 2.24. The summed E-state index contributed by atoms with van der Waals surface area (Å²) in [6.07, 6.45) is 3.88. The Balaban J connectivity index is 1.68. The second-order valence-electron chi connectivity index (χ2n) is 5.75. The van der Waals surface area contributed by atoms with Crippen molar-refractivity contribution in [1.29, 1.82) is 0 Å². The van der Waals surface area contributed by atoms with Gasteiger partial charge in [0.25, 0.3) is 5.89 Å². The Bertz CT molecular complexity index is 620. The zero-order valence-electron chi connectivity index (χ0n) is 12.5. The van der Waals surface area contributed by atoms with Crippen molar-refractivity contribution in [2.45, 2.75) is 45.3 Å². The summed E-state index contributed by atoms with van der Waals surface area (Å²) in [5.41, 5.74) is 9.42. The minimum absolute atomic E-state index is 0.338. The van der Waals surface area contributed by atoms with Crippen molar-refractivity contribution in [3.63, 3.8) is 0 Å². The summed E-state index contributed by atoms with van der Waals surface area (Å²) in [7, 11) is 0. The molecule has 1 aliphatic rings. The van der Waals surface area contributed by atoms with Crippen LogP contribution in [-0.4, -0.2) is 22.9 Å². The van der Waals surface area contributed by atoms with Crippen LogP contribution in [0.1, 0.15) is 42.3 Å². The SMILES string of the molecule is Cc1ccc(-c2nc(C(N)COC3CCC3)no2)cc1C. The molecule has 1 atom stereocenters. The largest absolute Gasteiger partial charge is 0.376 e. The molecule has 2 aromatic rings. The number of hydrogen-bond acceptors (Lipinski definition) is 5. The average Bonchev–Trinajstić information content (AvgIpc) is 2.89. The lowest BCUT2D eigenvalue weighted by Crippen LogP contribution is -2.27. The van der Waals surface area contributed by atoms with E-state index in [2.05, 4.69) is 24.0 Å². The highest BCUT2D eigenvalue weighted by atomic mass is 16.5. The van der Waals surface area contributed by atoms with E-state index in [1.54, 1.807) is 0 Å². The second kappa shape index (κ2) is 5.95. The summed E-state index contributed by atoms with van der Waals surface area (Å²) in [4.78, 5) is 4.39. The third-order valence-corrected chi connectivity index (χ3v) is 4.09. The van der Waals surface area contributed by atoms with Gasteiger partial charge >= 0.3 is 0 Å². The number of benzene rings is 1. The molecule has 1 fully saturated rings. The molecule has 1 aromatic heterocycles. The van der Waals surface area contributed by atoms with E-state index in [9.17, 15) is 0 Å². The summed E-state index contributed by atoms with van der Waals surface area (Å²) in [5, 5.41) is 3.98. The molecule has 0 bridgehead atoms. The van der Waals surface area contributed by atoms with Crippen LogP contribution < -0.4 is 5.73 Å². The van der Waals surface area contributed by atoms with Gasteiger partial charge in [-0.1, -0.05) is 11.2 Å². The number of rotatable bonds is 5. The van der Waals surface area contributed by atoms with Crippen LogP contribution in [0.25, 0.3) is 11.5 Å². The summed E-state index contributed by atoms with van der Waals surface area (Å²) in [5.74, 6) is 1.01. The van der Waals surface area contributed by atoms with E-state index in [0.717, 1.165) is 18.4 Å². The molecule has 1 saturated carbocycles. The second-order valence-corrected chi connectivity index (χ2v) is 5.75. The molecule has 0 amide bonds. The molecule has 1 aliphatic carbocycles. The molecule has 0 radical (unpaired) electrons. The normalized spacial score (nSPS) is 16.7. The van der Waals surface area contributed by atoms with Gasteiger partial charge in [-0.05, 0) is 56.4 Å². The molecule has 112 valence electrons. The summed E-state index contributed by atoms with van der Waals surface area (Å²) >= 11 is 0. The van der Waals surface area contributed by atoms with Gasteiger partial charge in [0.05, 0.1) is 18.8 Å². The monoisotopic (exact) mass is 287 g/mol. The Kier molecular flexibility index (Phi) is 4.03. The summed E-state index contributed by atoms with van der Waals surface area (Å²) in [6.45, 7) is 4.58. The van der Waals surface area contributed by atoms with Gasteiger partial charge in [0, 0.05) is 5.56 Å². The van der Waals surface area contributed by atoms with Crippen LogP contribution in [0.4, 0.5) is 0 Å². The van der Waals surface area contributed by atoms with Gasteiger partial charge in [-0.25, -0.2) is 0 Å². The lowest BCUT2D eigenvalue weighted by Gasteiger charge is -2.26. The lowest BCUT2D eigenvalue weighted by molar-refractivity contribution is -0.00549. The molecule has 0 spiro atoms. The van der Waals surface area contributed by atoms with Crippen LogP contribution in [0, 0.1) is 13.8 Å². The number of aryl methyl sites for hydroxylation is 2. The first kappa shape index (κ1) is 14.2. The van der Waals surface area contributed by atoms with Gasteiger partial charge < -0.3 is 15.0 Å². The molecule has 21 heavy (non-hydrogen) atoms. The van der Waals surface area contributed by atoms with E-state index in [4.69, 9.17) is 15.0 Å². The van der Waals surface area contributed by atoms with Gasteiger partial charge in [-0.2, -0.15) is 4.98 Å². The van der Waals surface area contributed by atoms with Crippen LogP contribution in [0.15, 0.2) is 22.7 Å². The van der Waals surface area contributed by atoms with Crippen LogP contribution in [0.3, 0.4) is 0 Å². The van der Waals surface area contributed by atoms with E-state index >= 15 is 0 Å². The van der Waals surface area contributed by atoms with Gasteiger partial charge in [0.1, 0.15) is 0 Å². The van der Waals surface area contributed by atoms with E-state index < -0.39 is 0 Å². The molecular formula is C16H21N3O2. The molecule has 0 aliphatic heterocycles. The molecule has 1 unspecified atom stereocenters. The van der Waals surface area contributed by atoms with Crippen LogP contribution in [-0.2, 0) is 4.74 Å². The smallest absolute Gasteiger partial charge is 0.257 e. The molecular weight excluding hydrogens is 266 g/mol. The zero-order chi connectivity index (χ0) is 14.8. The Morgan fingerprint density at radius 3 is 2.81 bits per heavy atom. The predicted octanol–water partition coefficient (Wildman–Crippen LogP) is 2.92. The maximum absolute atomic E-state index is 6.06. The van der Waals surface area contributed by atoms with E-state index in [1.807, 2.05) is 18.2 Å². The minimum Gasteiger partial charge on any atom is -0.376 e. The third-order valence-electron chi connectivity index (χ3n) is 4.09. The fourth-order valence-electron chi connectivity index (χ4n) is 2.23. The summed E-state index contributed by atoms with van der Waals surface area (Å²) < 4.78 is 11.0. The lowest BCUT2D eigenvalue weighted by atomic mass is 9.96. The van der Waals surface area contributed by atoms with E-state index in [-0.39, 0.29) is 6.04 Å². The minimum atomic E-state index is -0.338. The maximum atomic E-state index is 6.06. The van der Waals surface area contributed by atoms with E-state index in [0.29, 0.717) is 24.4 Å². The summed E-state index contributed by atoms with van der Waals surface area (Å²) in [6, 6.07) is 5.74. The molecule has 2 N–H and O–H groups in total. The fraction of sp³-hybridized carbons (Fsp3) is 0.500. The molecule has 5 nitrogen and oxygen atoms in total. The number of nitrogens with two attached hydrogens (primary N) is 1. The maximum Gasteiger partial charge on any atom is 0.257 e.